The normalized spacial score (nSPS) is 17.8. The van der Waals surface area contributed by atoms with Crippen LogP contribution in [0.15, 0.2) is 23.8 Å². The molecule has 0 radical (unpaired) electrons. The summed E-state index contributed by atoms with van der Waals surface area (Å²) in [4.78, 5) is 43.0. The molecule has 0 atom stereocenters. The van der Waals surface area contributed by atoms with Crippen molar-refractivity contribution in [1.82, 2.24) is 19.9 Å². The summed E-state index contributed by atoms with van der Waals surface area (Å²) < 4.78 is 0. The van der Waals surface area contributed by atoms with Crippen LogP contribution in [-0.2, 0) is 16.0 Å². The van der Waals surface area contributed by atoms with Gasteiger partial charge in [-0.15, -0.1) is 11.3 Å². The maximum absolute atomic E-state index is 12.6. The summed E-state index contributed by atoms with van der Waals surface area (Å²) in [6.07, 6.45) is 5.20. The number of nitrogens with zero attached hydrogens (tertiary/aromatic N) is 6. The standard InChI is InChI=1S/C17H20N6O2S/c24-14-3-1-6-23(14)17-20-13(12-26-17)11-15(25)21-7-9-22(10-8-21)16-18-4-2-5-19-16/h2,4-5,12H,1,3,6-11H2. The van der Waals surface area contributed by atoms with Crippen molar-refractivity contribution in [2.75, 3.05) is 42.5 Å². The van der Waals surface area contributed by atoms with Gasteiger partial charge in [0.1, 0.15) is 0 Å². The fraction of sp³-hybridized carbons (Fsp3) is 0.471. The van der Waals surface area contributed by atoms with Crippen LogP contribution in [0.4, 0.5) is 11.1 Å². The van der Waals surface area contributed by atoms with Gasteiger partial charge in [-0.2, -0.15) is 0 Å². The third-order valence-corrected chi connectivity index (χ3v) is 5.56. The second-order valence-electron chi connectivity index (χ2n) is 6.36. The molecule has 2 amide bonds. The number of carbonyl (C=O) groups is 2. The molecule has 0 bridgehead atoms. The molecule has 0 N–H and O–H groups in total. The van der Waals surface area contributed by atoms with Gasteiger partial charge in [0.15, 0.2) is 5.13 Å². The van der Waals surface area contributed by atoms with Gasteiger partial charge in [-0.25, -0.2) is 15.0 Å². The molecule has 4 heterocycles. The topological polar surface area (TPSA) is 82.5 Å². The first kappa shape index (κ1) is 16.9. The maximum atomic E-state index is 12.6. The molecular weight excluding hydrogens is 352 g/mol. The number of amides is 2. The van der Waals surface area contributed by atoms with Crippen LogP contribution in [-0.4, -0.2) is 64.4 Å². The van der Waals surface area contributed by atoms with E-state index >= 15 is 0 Å². The highest BCUT2D eigenvalue weighted by molar-refractivity contribution is 7.14. The highest BCUT2D eigenvalue weighted by atomic mass is 32.1. The molecule has 0 aliphatic carbocycles. The van der Waals surface area contributed by atoms with Crippen LogP contribution in [0.25, 0.3) is 0 Å². The number of piperazine rings is 1. The molecule has 4 rings (SSSR count). The average molecular weight is 372 g/mol. The van der Waals surface area contributed by atoms with Crippen molar-refractivity contribution in [2.24, 2.45) is 0 Å². The summed E-state index contributed by atoms with van der Waals surface area (Å²) in [5, 5.41) is 2.59. The van der Waals surface area contributed by atoms with Crippen LogP contribution in [0.2, 0.25) is 0 Å². The Balaban J connectivity index is 1.32. The van der Waals surface area contributed by atoms with Crippen LogP contribution < -0.4 is 9.80 Å². The molecule has 2 aliphatic heterocycles. The van der Waals surface area contributed by atoms with Gasteiger partial charge in [0.25, 0.3) is 0 Å². The van der Waals surface area contributed by atoms with E-state index in [1.807, 2.05) is 10.3 Å². The van der Waals surface area contributed by atoms with E-state index in [9.17, 15) is 9.59 Å². The fourth-order valence-corrected chi connectivity index (χ4v) is 4.10. The number of carbonyl (C=O) groups excluding carboxylic acids is 2. The molecule has 0 unspecified atom stereocenters. The molecule has 9 heteroatoms. The molecule has 0 spiro atoms. The minimum atomic E-state index is 0.0724. The molecule has 2 aliphatic rings. The summed E-state index contributed by atoms with van der Waals surface area (Å²) in [7, 11) is 0. The molecular formula is C17H20N6O2S. The zero-order valence-corrected chi connectivity index (χ0v) is 15.2. The number of anilines is 2. The monoisotopic (exact) mass is 372 g/mol. The summed E-state index contributed by atoms with van der Waals surface area (Å²) in [6, 6.07) is 1.79. The Morgan fingerprint density at radius 1 is 1.12 bits per heavy atom. The average Bonchev–Trinajstić information content (AvgIpc) is 3.31. The van der Waals surface area contributed by atoms with E-state index in [1.165, 1.54) is 11.3 Å². The lowest BCUT2D eigenvalue weighted by molar-refractivity contribution is -0.130. The molecule has 2 saturated heterocycles. The molecule has 26 heavy (non-hydrogen) atoms. The van der Waals surface area contributed by atoms with E-state index in [-0.39, 0.29) is 18.2 Å². The first-order valence-corrected chi connectivity index (χ1v) is 9.63. The van der Waals surface area contributed by atoms with Gasteiger partial charge < -0.3 is 9.80 Å². The zero-order valence-electron chi connectivity index (χ0n) is 14.4. The maximum Gasteiger partial charge on any atom is 0.228 e. The Hall–Kier alpha value is -2.55. The smallest absolute Gasteiger partial charge is 0.228 e. The Morgan fingerprint density at radius 2 is 1.88 bits per heavy atom. The first-order valence-electron chi connectivity index (χ1n) is 8.75. The van der Waals surface area contributed by atoms with E-state index in [4.69, 9.17) is 0 Å². The van der Waals surface area contributed by atoms with Crippen molar-refractivity contribution in [3.63, 3.8) is 0 Å². The lowest BCUT2D eigenvalue weighted by Gasteiger charge is -2.34. The molecule has 0 aromatic carbocycles. The van der Waals surface area contributed by atoms with Crippen molar-refractivity contribution in [3.8, 4) is 0 Å². The molecule has 2 aromatic rings. The Morgan fingerprint density at radius 3 is 2.58 bits per heavy atom. The van der Waals surface area contributed by atoms with Gasteiger partial charge in [0.2, 0.25) is 17.8 Å². The van der Waals surface area contributed by atoms with Crippen LogP contribution in [0.3, 0.4) is 0 Å². The number of aromatic nitrogens is 3. The number of hydrogen-bond acceptors (Lipinski definition) is 7. The van der Waals surface area contributed by atoms with E-state index in [0.717, 1.165) is 31.7 Å². The van der Waals surface area contributed by atoms with E-state index in [0.29, 0.717) is 30.6 Å². The third kappa shape index (κ3) is 3.52. The van der Waals surface area contributed by atoms with Crippen molar-refractivity contribution in [2.45, 2.75) is 19.3 Å². The lowest BCUT2D eigenvalue weighted by atomic mass is 10.2. The second-order valence-corrected chi connectivity index (χ2v) is 7.20. The minimum Gasteiger partial charge on any atom is -0.339 e. The van der Waals surface area contributed by atoms with Gasteiger partial charge in [-0.05, 0) is 12.5 Å². The first-order chi connectivity index (χ1) is 12.7. The van der Waals surface area contributed by atoms with Crippen LogP contribution in [0.1, 0.15) is 18.5 Å². The van der Waals surface area contributed by atoms with Gasteiger partial charge in [0.05, 0.1) is 12.1 Å². The number of rotatable bonds is 4. The highest BCUT2D eigenvalue weighted by Crippen LogP contribution is 2.25. The van der Waals surface area contributed by atoms with Gasteiger partial charge in [-0.1, -0.05) is 0 Å². The van der Waals surface area contributed by atoms with Crippen LogP contribution in [0.5, 0.6) is 0 Å². The lowest BCUT2D eigenvalue weighted by Crippen LogP contribution is -2.49. The van der Waals surface area contributed by atoms with Crippen molar-refractivity contribution in [1.29, 1.82) is 0 Å². The van der Waals surface area contributed by atoms with Crippen LogP contribution >= 0.6 is 11.3 Å². The van der Waals surface area contributed by atoms with Gasteiger partial charge >= 0.3 is 0 Å². The molecule has 8 nitrogen and oxygen atoms in total. The second kappa shape index (κ2) is 7.36. The predicted octanol–water partition coefficient (Wildman–Crippen LogP) is 0.951. The van der Waals surface area contributed by atoms with E-state index in [1.54, 1.807) is 23.4 Å². The largest absolute Gasteiger partial charge is 0.339 e. The van der Waals surface area contributed by atoms with Crippen molar-refractivity contribution in [3.05, 3.63) is 29.5 Å². The molecule has 2 aromatic heterocycles. The Bertz CT molecular complexity index is 788. The number of hydrogen-bond donors (Lipinski definition) is 0. The summed E-state index contributed by atoms with van der Waals surface area (Å²) >= 11 is 1.44. The highest BCUT2D eigenvalue weighted by Gasteiger charge is 2.26. The van der Waals surface area contributed by atoms with Gasteiger partial charge in [0, 0.05) is 56.9 Å². The zero-order chi connectivity index (χ0) is 17.9. The van der Waals surface area contributed by atoms with Crippen LogP contribution in [0, 0.1) is 0 Å². The summed E-state index contributed by atoms with van der Waals surface area (Å²) in [5.41, 5.74) is 0.739. The Labute approximate surface area is 155 Å². The van der Waals surface area contributed by atoms with E-state index < -0.39 is 0 Å². The third-order valence-electron chi connectivity index (χ3n) is 4.64. The molecule has 2 fully saturated rings. The molecule has 0 saturated carbocycles. The van der Waals surface area contributed by atoms with Crippen molar-refractivity contribution >= 4 is 34.2 Å². The summed E-state index contributed by atoms with van der Waals surface area (Å²) in [5.74, 6) is 0.902. The van der Waals surface area contributed by atoms with Crippen molar-refractivity contribution < 1.29 is 9.59 Å². The number of thiazole rings is 1. The van der Waals surface area contributed by atoms with E-state index in [2.05, 4.69) is 19.9 Å². The predicted molar refractivity (Wildman–Crippen MR) is 98.2 cm³/mol. The summed E-state index contributed by atoms with van der Waals surface area (Å²) in [6.45, 7) is 3.47. The molecule has 136 valence electrons. The fourth-order valence-electron chi connectivity index (χ4n) is 3.23. The SMILES string of the molecule is O=C(Cc1csc(N2CCCC2=O)n1)N1CCN(c2ncccn2)CC1. The quantitative estimate of drug-likeness (QED) is 0.795. The Kier molecular flexibility index (Phi) is 4.79. The van der Waals surface area contributed by atoms with Gasteiger partial charge in [-0.3, -0.25) is 14.5 Å². The minimum absolute atomic E-state index is 0.0724.